The van der Waals surface area contributed by atoms with Crippen LogP contribution in [0.2, 0.25) is 0 Å². The summed E-state index contributed by atoms with van der Waals surface area (Å²) >= 11 is 0. The van der Waals surface area contributed by atoms with Crippen LogP contribution in [-0.4, -0.2) is 61.0 Å². The Labute approximate surface area is 163 Å². The first-order valence-corrected chi connectivity index (χ1v) is 10.8. The molecule has 1 aromatic rings. The van der Waals surface area contributed by atoms with Crippen molar-refractivity contribution in [3.05, 3.63) is 41.0 Å². The molecule has 2 saturated heterocycles. The predicted octanol–water partition coefficient (Wildman–Crippen LogP) is 3.08. The summed E-state index contributed by atoms with van der Waals surface area (Å²) in [7, 11) is 0. The number of likely N-dealkylation sites (tertiary alicyclic amines) is 2. The molecule has 0 saturated carbocycles. The summed E-state index contributed by atoms with van der Waals surface area (Å²) in [5.41, 5.74) is 3.36. The van der Waals surface area contributed by atoms with E-state index in [-0.39, 0.29) is 5.91 Å². The van der Waals surface area contributed by atoms with E-state index in [0.29, 0.717) is 0 Å². The van der Waals surface area contributed by atoms with Crippen LogP contribution in [0.3, 0.4) is 0 Å². The molecule has 4 rings (SSSR count). The highest BCUT2D eigenvalue weighted by Crippen LogP contribution is 2.24. The highest BCUT2D eigenvalue weighted by Gasteiger charge is 2.25. The molecule has 3 aliphatic rings. The fourth-order valence-corrected chi connectivity index (χ4v) is 4.84. The van der Waals surface area contributed by atoms with Crippen molar-refractivity contribution in [1.29, 1.82) is 0 Å². The Balaban J connectivity index is 1.12. The van der Waals surface area contributed by atoms with Crippen LogP contribution in [0.1, 0.15) is 49.7 Å². The van der Waals surface area contributed by atoms with Gasteiger partial charge >= 0.3 is 0 Å². The molecule has 2 aliphatic heterocycles. The number of benzene rings is 1. The van der Waals surface area contributed by atoms with Gasteiger partial charge in [0, 0.05) is 24.6 Å². The number of nitrogens with zero attached hydrogens (tertiary/aromatic N) is 2. The minimum absolute atomic E-state index is 0.106. The van der Waals surface area contributed by atoms with Crippen LogP contribution in [0.25, 0.3) is 6.08 Å². The zero-order chi connectivity index (χ0) is 18.5. The molecule has 1 N–H and O–H groups in total. The van der Waals surface area contributed by atoms with Crippen molar-refractivity contribution < 1.29 is 4.79 Å². The van der Waals surface area contributed by atoms with Gasteiger partial charge in [-0.3, -0.25) is 4.79 Å². The van der Waals surface area contributed by atoms with E-state index < -0.39 is 0 Å². The molecule has 1 aliphatic carbocycles. The van der Waals surface area contributed by atoms with Gasteiger partial charge in [0.05, 0.1) is 0 Å². The van der Waals surface area contributed by atoms with E-state index in [2.05, 4.69) is 27.2 Å². The predicted molar refractivity (Wildman–Crippen MR) is 111 cm³/mol. The summed E-state index contributed by atoms with van der Waals surface area (Å²) in [5.74, 6) is 0.106. The molecule has 1 amide bonds. The second-order valence-corrected chi connectivity index (χ2v) is 8.32. The first-order valence-electron chi connectivity index (χ1n) is 10.8. The van der Waals surface area contributed by atoms with E-state index >= 15 is 0 Å². The summed E-state index contributed by atoms with van der Waals surface area (Å²) < 4.78 is 0. The molecule has 1 aromatic carbocycles. The largest absolute Gasteiger partial charge is 0.352 e. The summed E-state index contributed by atoms with van der Waals surface area (Å²) in [6.07, 6.45) is 10.7. The van der Waals surface area contributed by atoms with Crippen LogP contribution in [0.4, 0.5) is 0 Å². The number of piperidine rings is 2. The van der Waals surface area contributed by atoms with Crippen LogP contribution in [-0.2, 0) is 11.2 Å². The standard InChI is InChI=1S/C23H33N3O/c27-23(21-17-19-7-2-3-8-20(19)18-21)24-11-6-12-25-15-9-22(10-16-25)26-13-4-1-5-14-26/h2-3,7-8,17,22H,1,4-6,9-16,18H2,(H,24,27). The number of hydrogen-bond acceptors (Lipinski definition) is 3. The van der Waals surface area contributed by atoms with Gasteiger partial charge in [0.2, 0.25) is 5.91 Å². The number of carbonyl (C=O) groups is 1. The number of rotatable bonds is 6. The lowest BCUT2D eigenvalue weighted by atomic mass is 10.00. The lowest BCUT2D eigenvalue weighted by Crippen LogP contribution is -2.47. The first-order chi connectivity index (χ1) is 13.3. The van der Waals surface area contributed by atoms with Gasteiger partial charge in [-0.2, -0.15) is 0 Å². The fourth-order valence-electron chi connectivity index (χ4n) is 4.84. The van der Waals surface area contributed by atoms with Gasteiger partial charge in [0.15, 0.2) is 0 Å². The van der Waals surface area contributed by atoms with Crippen molar-refractivity contribution in [3.63, 3.8) is 0 Å². The number of fused-ring (bicyclic) bond motifs is 1. The maximum Gasteiger partial charge on any atom is 0.247 e. The lowest BCUT2D eigenvalue weighted by molar-refractivity contribution is -0.117. The third kappa shape index (κ3) is 4.80. The maximum absolute atomic E-state index is 12.4. The summed E-state index contributed by atoms with van der Waals surface area (Å²) in [6, 6.07) is 9.09. The zero-order valence-corrected chi connectivity index (χ0v) is 16.5. The van der Waals surface area contributed by atoms with Crippen LogP contribution in [0.5, 0.6) is 0 Å². The van der Waals surface area contributed by atoms with E-state index in [9.17, 15) is 4.79 Å². The fraction of sp³-hybridized carbons (Fsp3) is 0.609. The molecular formula is C23H33N3O. The SMILES string of the molecule is O=C(NCCCN1CCC(N2CCCCC2)CC1)C1=Cc2ccccc2C1. The maximum atomic E-state index is 12.4. The van der Waals surface area contributed by atoms with E-state index in [1.54, 1.807) is 0 Å². The highest BCUT2D eigenvalue weighted by molar-refractivity contribution is 6.00. The molecule has 0 bridgehead atoms. The van der Waals surface area contributed by atoms with Gasteiger partial charge in [-0.1, -0.05) is 30.7 Å². The van der Waals surface area contributed by atoms with Gasteiger partial charge in [-0.25, -0.2) is 0 Å². The van der Waals surface area contributed by atoms with Gasteiger partial charge in [-0.15, -0.1) is 0 Å². The Bertz CT molecular complexity index is 670. The van der Waals surface area contributed by atoms with Crippen molar-refractivity contribution in [1.82, 2.24) is 15.1 Å². The smallest absolute Gasteiger partial charge is 0.247 e. The average molecular weight is 368 g/mol. The zero-order valence-electron chi connectivity index (χ0n) is 16.5. The molecule has 4 heteroatoms. The second kappa shape index (κ2) is 9.03. The number of carbonyl (C=O) groups excluding carboxylic acids is 1. The molecule has 0 atom stereocenters. The summed E-state index contributed by atoms with van der Waals surface area (Å²) in [5, 5.41) is 3.12. The first kappa shape index (κ1) is 18.7. The topological polar surface area (TPSA) is 35.6 Å². The monoisotopic (exact) mass is 367 g/mol. The molecule has 2 heterocycles. The molecule has 146 valence electrons. The van der Waals surface area contributed by atoms with Crippen molar-refractivity contribution in [2.75, 3.05) is 39.3 Å². The van der Waals surface area contributed by atoms with Crippen LogP contribution in [0, 0.1) is 0 Å². The van der Waals surface area contributed by atoms with Gasteiger partial charge in [0.25, 0.3) is 0 Å². The normalized spacial score (nSPS) is 21.7. The van der Waals surface area contributed by atoms with E-state index in [1.165, 1.54) is 69.4 Å². The molecule has 2 fully saturated rings. The van der Waals surface area contributed by atoms with Crippen LogP contribution < -0.4 is 5.32 Å². The third-order valence-corrected chi connectivity index (χ3v) is 6.46. The Morgan fingerprint density at radius 3 is 2.59 bits per heavy atom. The Kier molecular flexibility index (Phi) is 6.25. The average Bonchev–Trinajstić information content (AvgIpc) is 3.17. The molecule has 0 unspecified atom stereocenters. The molecule has 27 heavy (non-hydrogen) atoms. The Morgan fingerprint density at radius 2 is 1.81 bits per heavy atom. The van der Waals surface area contributed by atoms with Gasteiger partial charge in [-0.05, 0) is 82.0 Å². The summed E-state index contributed by atoms with van der Waals surface area (Å²) in [4.78, 5) is 17.7. The van der Waals surface area contributed by atoms with Gasteiger partial charge in [0.1, 0.15) is 0 Å². The van der Waals surface area contributed by atoms with E-state index in [0.717, 1.165) is 37.5 Å². The Morgan fingerprint density at radius 1 is 1.04 bits per heavy atom. The second-order valence-electron chi connectivity index (χ2n) is 8.32. The third-order valence-electron chi connectivity index (χ3n) is 6.46. The molecule has 0 aromatic heterocycles. The van der Waals surface area contributed by atoms with E-state index in [4.69, 9.17) is 0 Å². The molecular weight excluding hydrogens is 334 g/mol. The minimum atomic E-state index is 0.106. The van der Waals surface area contributed by atoms with Crippen molar-refractivity contribution >= 4 is 12.0 Å². The molecule has 0 spiro atoms. The van der Waals surface area contributed by atoms with Gasteiger partial charge < -0.3 is 15.1 Å². The molecule has 4 nitrogen and oxygen atoms in total. The van der Waals surface area contributed by atoms with Crippen LogP contribution >= 0.6 is 0 Å². The van der Waals surface area contributed by atoms with Crippen LogP contribution in [0.15, 0.2) is 29.8 Å². The van der Waals surface area contributed by atoms with Crippen molar-refractivity contribution in [3.8, 4) is 0 Å². The lowest BCUT2D eigenvalue weighted by Gasteiger charge is -2.40. The quantitative estimate of drug-likeness (QED) is 0.785. The molecule has 0 radical (unpaired) electrons. The van der Waals surface area contributed by atoms with E-state index in [1.807, 2.05) is 18.2 Å². The highest BCUT2D eigenvalue weighted by atomic mass is 16.1. The summed E-state index contributed by atoms with van der Waals surface area (Å²) in [6.45, 7) is 6.95. The number of nitrogens with one attached hydrogen (secondary N) is 1. The van der Waals surface area contributed by atoms with Crippen molar-refractivity contribution in [2.45, 2.75) is 51.0 Å². The Hall–Kier alpha value is -1.65. The number of amides is 1. The minimum Gasteiger partial charge on any atom is -0.352 e. The van der Waals surface area contributed by atoms with Crippen molar-refractivity contribution in [2.24, 2.45) is 0 Å². The number of hydrogen-bond donors (Lipinski definition) is 1.